The number of fused-ring (bicyclic) bond motifs is 1. The molecule has 9 heteroatoms. The van der Waals surface area contributed by atoms with Crippen molar-refractivity contribution in [2.75, 3.05) is 28.6 Å². The summed E-state index contributed by atoms with van der Waals surface area (Å²) in [5.74, 6) is -0.982. The zero-order valence-electron chi connectivity index (χ0n) is 20.3. The number of hydrogen-bond donors (Lipinski definition) is 2. The van der Waals surface area contributed by atoms with Crippen LogP contribution in [0, 0.1) is 5.92 Å². The monoisotopic (exact) mass is 487 g/mol. The van der Waals surface area contributed by atoms with Gasteiger partial charge in [-0.1, -0.05) is 32.0 Å². The molecule has 3 heterocycles. The van der Waals surface area contributed by atoms with Gasteiger partial charge >= 0.3 is 5.97 Å². The fourth-order valence-corrected chi connectivity index (χ4v) is 5.24. The Bertz CT molecular complexity index is 1360. The van der Waals surface area contributed by atoms with E-state index in [4.69, 9.17) is 10.8 Å². The highest BCUT2D eigenvalue weighted by molar-refractivity contribution is 6.05. The summed E-state index contributed by atoms with van der Waals surface area (Å²) in [5, 5.41) is 9.13. The summed E-state index contributed by atoms with van der Waals surface area (Å²) in [6, 6.07) is 13.2. The molecule has 2 aliphatic heterocycles. The zero-order chi connectivity index (χ0) is 25.6. The van der Waals surface area contributed by atoms with Crippen molar-refractivity contribution >= 4 is 34.8 Å². The number of imidazole rings is 1. The molecule has 186 valence electrons. The third-order valence-electron chi connectivity index (χ3n) is 7.02. The van der Waals surface area contributed by atoms with Gasteiger partial charge in [-0.15, -0.1) is 0 Å². The topological polar surface area (TPSA) is 122 Å². The Morgan fingerprint density at radius 1 is 1.19 bits per heavy atom. The molecule has 0 saturated carbocycles. The van der Waals surface area contributed by atoms with E-state index < -0.39 is 11.9 Å². The number of nitrogens with zero attached hydrogens (tertiary/aromatic N) is 4. The van der Waals surface area contributed by atoms with Crippen LogP contribution in [-0.4, -0.2) is 45.5 Å². The van der Waals surface area contributed by atoms with Gasteiger partial charge in [-0.05, 0) is 35.4 Å². The van der Waals surface area contributed by atoms with Gasteiger partial charge in [0.25, 0.3) is 0 Å². The first-order chi connectivity index (χ1) is 17.1. The van der Waals surface area contributed by atoms with E-state index in [2.05, 4.69) is 24.9 Å². The van der Waals surface area contributed by atoms with Crippen LogP contribution in [0.3, 0.4) is 0 Å². The molecule has 1 aromatic heterocycles. The number of nitrogens with two attached hydrogens (primary N) is 1. The van der Waals surface area contributed by atoms with Crippen LogP contribution in [0.4, 0.5) is 17.1 Å². The molecule has 2 amide bonds. The number of carbonyl (C=O) groups is 3. The van der Waals surface area contributed by atoms with Crippen molar-refractivity contribution in [3.05, 3.63) is 71.8 Å². The second kappa shape index (κ2) is 8.82. The van der Waals surface area contributed by atoms with Crippen molar-refractivity contribution in [1.29, 1.82) is 0 Å². The van der Waals surface area contributed by atoms with Crippen LogP contribution < -0.4 is 15.5 Å². The van der Waals surface area contributed by atoms with E-state index in [-0.39, 0.29) is 30.1 Å². The summed E-state index contributed by atoms with van der Waals surface area (Å²) in [5.41, 5.74) is 9.83. The Hall–Kier alpha value is -4.14. The molecule has 3 N–H and O–H groups in total. The SMILES string of the molecule is CC1(C)CN(C(=O)[C@H]2CC(=O)N(c3cccc(N)c3)C2)c2ccc(Cn3ccnc3CC(=O)O)cc21. The first-order valence-corrected chi connectivity index (χ1v) is 11.9. The molecule has 1 atom stereocenters. The molecule has 0 bridgehead atoms. The van der Waals surface area contributed by atoms with Crippen LogP contribution in [0.25, 0.3) is 0 Å². The van der Waals surface area contributed by atoms with Crippen molar-refractivity contribution in [3.63, 3.8) is 0 Å². The van der Waals surface area contributed by atoms with Crippen molar-refractivity contribution in [3.8, 4) is 0 Å². The third kappa shape index (κ3) is 4.32. The van der Waals surface area contributed by atoms with Gasteiger partial charge < -0.3 is 25.2 Å². The van der Waals surface area contributed by atoms with E-state index in [0.29, 0.717) is 36.8 Å². The first-order valence-electron chi connectivity index (χ1n) is 11.9. The fraction of sp³-hybridized carbons (Fsp3) is 0.333. The largest absolute Gasteiger partial charge is 0.481 e. The molecule has 0 unspecified atom stereocenters. The van der Waals surface area contributed by atoms with Crippen LogP contribution >= 0.6 is 0 Å². The normalized spacial score (nSPS) is 18.5. The van der Waals surface area contributed by atoms with E-state index in [1.165, 1.54) is 0 Å². The summed E-state index contributed by atoms with van der Waals surface area (Å²) in [6.07, 6.45) is 3.41. The maximum Gasteiger partial charge on any atom is 0.311 e. The minimum absolute atomic E-state index is 0.0484. The van der Waals surface area contributed by atoms with E-state index >= 15 is 0 Å². The average Bonchev–Trinajstić information content (AvgIpc) is 3.49. The van der Waals surface area contributed by atoms with E-state index in [1.54, 1.807) is 35.5 Å². The van der Waals surface area contributed by atoms with Gasteiger partial charge in [0.2, 0.25) is 11.8 Å². The molecule has 0 radical (unpaired) electrons. The van der Waals surface area contributed by atoms with Gasteiger partial charge in [0, 0.05) is 60.9 Å². The molecular formula is C27H29N5O4. The molecule has 2 aromatic carbocycles. The molecule has 36 heavy (non-hydrogen) atoms. The van der Waals surface area contributed by atoms with Crippen LogP contribution in [0.2, 0.25) is 0 Å². The first kappa shape index (κ1) is 23.6. The second-order valence-corrected chi connectivity index (χ2v) is 10.2. The average molecular weight is 488 g/mol. The molecule has 0 spiro atoms. The molecule has 9 nitrogen and oxygen atoms in total. The molecular weight excluding hydrogens is 458 g/mol. The molecule has 3 aromatic rings. The maximum absolute atomic E-state index is 13.6. The quantitative estimate of drug-likeness (QED) is 0.516. The van der Waals surface area contributed by atoms with Crippen molar-refractivity contribution in [1.82, 2.24) is 9.55 Å². The molecule has 0 aliphatic carbocycles. The number of carboxylic acids is 1. The number of rotatable bonds is 6. The van der Waals surface area contributed by atoms with Gasteiger partial charge in [0.15, 0.2) is 0 Å². The lowest BCUT2D eigenvalue weighted by Gasteiger charge is -2.23. The van der Waals surface area contributed by atoms with Gasteiger partial charge in [0.05, 0.1) is 5.92 Å². The Balaban J connectivity index is 1.36. The second-order valence-electron chi connectivity index (χ2n) is 10.2. The van der Waals surface area contributed by atoms with Crippen LogP contribution in [0.15, 0.2) is 54.9 Å². The van der Waals surface area contributed by atoms with Crippen LogP contribution in [0.1, 0.15) is 37.2 Å². The van der Waals surface area contributed by atoms with E-state index in [9.17, 15) is 14.4 Å². The number of amides is 2. The molecule has 2 aliphatic rings. The maximum atomic E-state index is 13.6. The summed E-state index contributed by atoms with van der Waals surface area (Å²) in [6.45, 7) is 5.57. The van der Waals surface area contributed by atoms with Gasteiger partial charge in [-0.25, -0.2) is 4.98 Å². The highest BCUT2D eigenvalue weighted by Crippen LogP contribution is 2.42. The lowest BCUT2D eigenvalue weighted by molar-refractivity contribution is -0.136. The number of carbonyl (C=O) groups excluding carboxylic acids is 2. The van der Waals surface area contributed by atoms with Gasteiger partial charge in [-0.3, -0.25) is 14.4 Å². The summed E-state index contributed by atoms with van der Waals surface area (Å²) in [4.78, 5) is 45.1. The molecule has 1 fully saturated rings. The molecule has 5 rings (SSSR count). The summed E-state index contributed by atoms with van der Waals surface area (Å²) >= 11 is 0. The Kier molecular flexibility index (Phi) is 5.78. The summed E-state index contributed by atoms with van der Waals surface area (Å²) < 4.78 is 1.83. The Labute approximate surface area is 209 Å². The number of carboxylic acid groups (broad SMARTS) is 1. The van der Waals surface area contributed by atoms with Crippen LogP contribution in [0.5, 0.6) is 0 Å². The lowest BCUT2D eigenvalue weighted by Crippen LogP contribution is -2.39. The number of hydrogen-bond acceptors (Lipinski definition) is 5. The predicted octanol–water partition coefficient (Wildman–Crippen LogP) is 2.82. The van der Waals surface area contributed by atoms with Gasteiger partial charge in [0.1, 0.15) is 12.2 Å². The third-order valence-corrected chi connectivity index (χ3v) is 7.02. The molecule has 1 saturated heterocycles. The van der Waals surface area contributed by atoms with Crippen molar-refractivity contribution in [2.24, 2.45) is 5.92 Å². The summed E-state index contributed by atoms with van der Waals surface area (Å²) in [7, 11) is 0. The van der Waals surface area contributed by atoms with Crippen molar-refractivity contribution < 1.29 is 19.5 Å². The fourth-order valence-electron chi connectivity index (χ4n) is 5.24. The Morgan fingerprint density at radius 2 is 2.00 bits per heavy atom. The number of benzene rings is 2. The van der Waals surface area contributed by atoms with E-state index in [1.807, 2.05) is 27.7 Å². The smallest absolute Gasteiger partial charge is 0.311 e. The number of aromatic nitrogens is 2. The van der Waals surface area contributed by atoms with Crippen molar-refractivity contribution in [2.45, 2.75) is 38.6 Å². The Morgan fingerprint density at radius 3 is 2.75 bits per heavy atom. The number of aliphatic carboxylic acids is 1. The highest BCUT2D eigenvalue weighted by atomic mass is 16.4. The minimum Gasteiger partial charge on any atom is -0.481 e. The standard InChI is InChI=1S/C27H29N5O4/c1-27(2)16-32(26(36)18-11-24(33)31(15-18)20-5-3-4-19(28)12-20)22-7-6-17(10-21(22)27)14-30-9-8-29-23(30)13-25(34)35/h3-10,12,18H,11,13-16,28H2,1-2H3,(H,34,35)/t18-/m0/s1. The lowest BCUT2D eigenvalue weighted by atomic mass is 9.86. The van der Waals surface area contributed by atoms with Crippen LogP contribution in [-0.2, 0) is 32.8 Å². The van der Waals surface area contributed by atoms with E-state index in [0.717, 1.165) is 16.8 Å². The minimum atomic E-state index is -0.925. The van der Waals surface area contributed by atoms with Gasteiger partial charge in [-0.2, -0.15) is 0 Å². The highest BCUT2D eigenvalue weighted by Gasteiger charge is 2.43. The predicted molar refractivity (Wildman–Crippen MR) is 136 cm³/mol. The zero-order valence-corrected chi connectivity index (χ0v) is 20.3. The number of nitrogen functional groups attached to an aromatic ring is 1. The number of anilines is 3.